The van der Waals surface area contributed by atoms with Gasteiger partial charge in [-0.2, -0.15) is 0 Å². The Morgan fingerprint density at radius 2 is 2.14 bits per heavy atom. The minimum atomic E-state index is 0.748. The fourth-order valence-corrected chi connectivity index (χ4v) is 2.56. The van der Waals surface area contributed by atoms with E-state index in [1.807, 2.05) is 6.07 Å². The number of anilines is 1. The number of rotatable bonds is 1. The van der Waals surface area contributed by atoms with Crippen LogP contribution < -0.4 is 5.73 Å². The van der Waals surface area contributed by atoms with Gasteiger partial charge in [-0.3, -0.25) is 0 Å². The van der Waals surface area contributed by atoms with E-state index in [-0.39, 0.29) is 0 Å². The average Bonchev–Trinajstić information content (AvgIpc) is 2.16. The van der Waals surface area contributed by atoms with Crippen molar-refractivity contribution in [1.29, 1.82) is 0 Å². The molecule has 0 amide bonds. The highest BCUT2D eigenvalue weighted by molar-refractivity contribution is 5.46. The Balaban J connectivity index is 2.40. The van der Waals surface area contributed by atoms with Crippen LogP contribution in [0.2, 0.25) is 0 Å². The average molecular weight is 189 g/mol. The third-order valence-corrected chi connectivity index (χ3v) is 3.33. The second-order valence-corrected chi connectivity index (χ2v) is 4.70. The first-order valence-electron chi connectivity index (χ1n) is 5.57. The van der Waals surface area contributed by atoms with E-state index in [0.717, 1.165) is 17.5 Å². The maximum Gasteiger partial charge on any atom is 0.0316 e. The molecule has 0 aliphatic heterocycles. The van der Waals surface area contributed by atoms with Crippen molar-refractivity contribution in [3.8, 4) is 0 Å². The van der Waals surface area contributed by atoms with Crippen LogP contribution in [0.25, 0.3) is 0 Å². The van der Waals surface area contributed by atoms with E-state index in [1.165, 1.54) is 24.8 Å². The van der Waals surface area contributed by atoms with Crippen LogP contribution in [0.3, 0.4) is 0 Å². The molecule has 0 fully saturated rings. The van der Waals surface area contributed by atoms with Gasteiger partial charge in [0, 0.05) is 5.69 Å². The van der Waals surface area contributed by atoms with Crippen LogP contribution in [0.15, 0.2) is 18.2 Å². The zero-order valence-corrected chi connectivity index (χ0v) is 9.09. The van der Waals surface area contributed by atoms with Gasteiger partial charge >= 0.3 is 0 Å². The molecule has 0 bridgehead atoms. The molecule has 0 spiro atoms. The van der Waals surface area contributed by atoms with E-state index in [0.29, 0.717) is 0 Å². The van der Waals surface area contributed by atoms with Gasteiger partial charge in [-0.05, 0) is 54.4 Å². The summed E-state index contributed by atoms with van der Waals surface area (Å²) in [5.74, 6) is 1.50. The number of hydrogen-bond acceptors (Lipinski definition) is 1. The molecule has 1 nitrogen and oxygen atoms in total. The monoisotopic (exact) mass is 189 g/mol. The topological polar surface area (TPSA) is 26.0 Å². The number of fused-ring (bicyclic) bond motifs is 1. The molecule has 1 heteroatoms. The zero-order chi connectivity index (χ0) is 10.1. The largest absolute Gasteiger partial charge is 0.399 e. The lowest BCUT2D eigenvalue weighted by Gasteiger charge is -2.28. The van der Waals surface area contributed by atoms with E-state index < -0.39 is 0 Å². The fraction of sp³-hybridized carbons (Fsp3) is 0.538. The van der Waals surface area contributed by atoms with Gasteiger partial charge in [0.15, 0.2) is 0 Å². The van der Waals surface area contributed by atoms with Gasteiger partial charge in [0.2, 0.25) is 0 Å². The Hall–Kier alpha value is -0.980. The second kappa shape index (κ2) is 3.64. The highest BCUT2D eigenvalue weighted by Crippen LogP contribution is 2.37. The van der Waals surface area contributed by atoms with Gasteiger partial charge in [-0.25, -0.2) is 0 Å². The van der Waals surface area contributed by atoms with Crippen molar-refractivity contribution in [2.75, 3.05) is 5.73 Å². The Labute approximate surface area is 86.3 Å². The van der Waals surface area contributed by atoms with Crippen LogP contribution in [0.1, 0.15) is 43.7 Å². The molecule has 76 valence electrons. The number of benzene rings is 1. The molecule has 0 radical (unpaired) electrons. The predicted molar refractivity (Wildman–Crippen MR) is 61.4 cm³/mol. The smallest absolute Gasteiger partial charge is 0.0316 e. The normalized spacial score (nSPS) is 20.9. The van der Waals surface area contributed by atoms with E-state index in [4.69, 9.17) is 5.73 Å². The summed E-state index contributed by atoms with van der Waals surface area (Å²) in [6.07, 6.45) is 3.87. The molecule has 1 unspecified atom stereocenters. The molecule has 0 aromatic heterocycles. The molecule has 1 aromatic carbocycles. The maximum absolute atomic E-state index is 5.80. The molecule has 14 heavy (non-hydrogen) atoms. The summed E-state index contributed by atoms with van der Waals surface area (Å²) in [5.41, 5.74) is 9.74. The van der Waals surface area contributed by atoms with Gasteiger partial charge < -0.3 is 5.73 Å². The molecule has 2 N–H and O–H groups in total. The third-order valence-electron chi connectivity index (χ3n) is 3.33. The van der Waals surface area contributed by atoms with Crippen LogP contribution in [0.4, 0.5) is 5.69 Å². The van der Waals surface area contributed by atoms with Crippen LogP contribution in [-0.2, 0) is 6.42 Å². The first-order chi connectivity index (χ1) is 6.68. The van der Waals surface area contributed by atoms with Gasteiger partial charge in [0.25, 0.3) is 0 Å². The summed E-state index contributed by atoms with van der Waals surface area (Å²) in [4.78, 5) is 0. The number of aryl methyl sites for hydroxylation is 1. The molecule has 2 rings (SSSR count). The van der Waals surface area contributed by atoms with E-state index in [1.54, 1.807) is 5.56 Å². The lowest BCUT2D eigenvalue weighted by Crippen LogP contribution is -2.14. The third kappa shape index (κ3) is 1.63. The number of hydrogen-bond donors (Lipinski definition) is 1. The molecule has 1 atom stereocenters. The van der Waals surface area contributed by atoms with Crippen molar-refractivity contribution in [1.82, 2.24) is 0 Å². The minimum Gasteiger partial charge on any atom is -0.399 e. The summed E-state index contributed by atoms with van der Waals surface area (Å²) in [5, 5.41) is 0. The Kier molecular flexibility index (Phi) is 2.49. The van der Waals surface area contributed by atoms with E-state index in [2.05, 4.69) is 26.0 Å². The summed E-state index contributed by atoms with van der Waals surface area (Å²) < 4.78 is 0. The molecule has 0 heterocycles. The zero-order valence-electron chi connectivity index (χ0n) is 9.09. The highest BCUT2D eigenvalue weighted by Gasteiger charge is 2.22. The first kappa shape index (κ1) is 9.57. The standard InChI is InChI=1S/C13H19N/c1-9(2)12-5-3-4-10-8-11(14)6-7-13(10)12/h6-9,12H,3-5,14H2,1-2H3. The van der Waals surface area contributed by atoms with Crippen LogP contribution >= 0.6 is 0 Å². The Morgan fingerprint density at radius 1 is 1.36 bits per heavy atom. The van der Waals surface area contributed by atoms with Gasteiger partial charge in [-0.1, -0.05) is 19.9 Å². The van der Waals surface area contributed by atoms with Crippen molar-refractivity contribution < 1.29 is 0 Å². The molecule has 1 aliphatic rings. The molecule has 1 aromatic rings. The predicted octanol–water partition coefficient (Wildman–Crippen LogP) is 3.34. The lowest BCUT2D eigenvalue weighted by atomic mass is 9.77. The lowest BCUT2D eigenvalue weighted by molar-refractivity contribution is 0.434. The molecular weight excluding hydrogens is 170 g/mol. The molecule has 1 aliphatic carbocycles. The number of nitrogens with two attached hydrogens (primary N) is 1. The Bertz CT molecular complexity index is 328. The van der Waals surface area contributed by atoms with E-state index >= 15 is 0 Å². The van der Waals surface area contributed by atoms with Crippen LogP contribution in [0, 0.1) is 5.92 Å². The quantitative estimate of drug-likeness (QED) is 0.674. The van der Waals surface area contributed by atoms with Gasteiger partial charge in [-0.15, -0.1) is 0 Å². The summed E-state index contributed by atoms with van der Waals surface area (Å²) >= 11 is 0. The summed E-state index contributed by atoms with van der Waals surface area (Å²) in [6.45, 7) is 4.63. The first-order valence-corrected chi connectivity index (χ1v) is 5.57. The summed E-state index contributed by atoms with van der Waals surface area (Å²) in [7, 11) is 0. The summed E-state index contributed by atoms with van der Waals surface area (Å²) in [6, 6.07) is 6.43. The van der Waals surface area contributed by atoms with E-state index in [9.17, 15) is 0 Å². The van der Waals surface area contributed by atoms with Crippen molar-refractivity contribution in [2.24, 2.45) is 5.92 Å². The molecule has 0 saturated heterocycles. The maximum atomic E-state index is 5.80. The number of nitrogen functional groups attached to an aromatic ring is 1. The minimum absolute atomic E-state index is 0.748. The fourth-order valence-electron chi connectivity index (χ4n) is 2.56. The van der Waals surface area contributed by atoms with Gasteiger partial charge in [0.05, 0.1) is 0 Å². The molecular formula is C13H19N. The second-order valence-electron chi connectivity index (χ2n) is 4.70. The molecule has 0 saturated carbocycles. The van der Waals surface area contributed by atoms with Crippen molar-refractivity contribution in [2.45, 2.75) is 39.0 Å². The van der Waals surface area contributed by atoms with Crippen LogP contribution in [0.5, 0.6) is 0 Å². The highest BCUT2D eigenvalue weighted by atomic mass is 14.5. The Morgan fingerprint density at radius 3 is 2.86 bits per heavy atom. The SMILES string of the molecule is CC(C)C1CCCc2cc(N)ccc21. The van der Waals surface area contributed by atoms with Crippen molar-refractivity contribution in [3.05, 3.63) is 29.3 Å². The van der Waals surface area contributed by atoms with Crippen molar-refractivity contribution >= 4 is 5.69 Å². The van der Waals surface area contributed by atoms with Crippen molar-refractivity contribution in [3.63, 3.8) is 0 Å². The van der Waals surface area contributed by atoms with Crippen LogP contribution in [-0.4, -0.2) is 0 Å². The van der Waals surface area contributed by atoms with Gasteiger partial charge in [0.1, 0.15) is 0 Å².